The molecule has 2 aliphatic heterocycles. The molecule has 4 rings (SSSR count). The molecule has 0 unspecified atom stereocenters. The maximum Gasteiger partial charge on any atom is 0.254 e. The van der Waals surface area contributed by atoms with Crippen molar-refractivity contribution in [2.24, 2.45) is 4.99 Å². The smallest absolute Gasteiger partial charge is 0.254 e. The molecule has 1 amide bonds. The average Bonchev–Trinajstić information content (AvgIpc) is 2.83. The summed E-state index contributed by atoms with van der Waals surface area (Å²) in [5, 5.41) is 0. The van der Waals surface area contributed by atoms with Gasteiger partial charge in [-0.15, -0.1) is 0 Å². The Balaban J connectivity index is 1.73. The quantitative estimate of drug-likeness (QED) is 0.788. The number of benzene rings is 2. The zero-order chi connectivity index (χ0) is 18.1. The number of carbonyl (C=O) groups is 1. The monoisotopic (exact) mass is 366 g/mol. The summed E-state index contributed by atoms with van der Waals surface area (Å²) in [4.78, 5) is 21.9. The van der Waals surface area contributed by atoms with Gasteiger partial charge in [0.2, 0.25) is 0 Å². The lowest BCUT2D eigenvalue weighted by atomic mass is 10.0. The molecule has 0 aliphatic carbocycles. The van der Waals surface area contributed by atoms with Crippen molar-refractivity contribution in [3.05, 3.63) is 53.1 Å². The van der Waals surface area contributed by atoms with Crippen LogP contribution in [0.25, 0.3) is 0 Å². The van der Waals surface area contributed by atoms with E-state index >= 15 is 0 Å². The largest absolute Gasteiger partial charge is 0.378 e. The third-order valence-corrected chi connectivity index (χ3v) is 5.90. The van der Waals surface area contributed by atoms with E-state index in [1.54, 1.807) is 11.8 Å². The van der Waals surface area contributed by atoms with Crippen LogP contribution in [0.3, 0.4) is 0 Å². The van der Waals surface area contributed by atoms with E-state index in [0.717, 1.165) is 22.7 Å². The Morgan fingerprint density at radius 1 is 1.15 bits per heavy atom. The zero-order valence-corrected chi connectivity index (χ0v) is 15.9. The highest BCUT2D eigenvalue weighted by Crippen LogP contribution is 2.41. The minimum absolute atomic E-state index is 0.0620. The Hall–Kier alpha value is -2.11. The van der Waals surface area contributed by atoms with Gasteiger partial charge in [0.25, 0.3) is 5.91 Å². The maximum atomic E-state index is 12.8. The summed E-state index contributed by atoms with van der Waals surface area (Å²) in [5.41, 5.74) is 5.10. The normalized spacial score (nSPS) is 16.4. The molecule has 0 atom stereocenters. The van der Waals surface area contributed by atoms with Crippen LogP contribution >= 0.6 is 11.8 Å². The van der Waals surface area contributed by atoms with E-state index in [2.05, 4.69) is 32.0 Å². The first-order valence-corrected chi connectivity index (χ1v) is 9.85. The lowest BCUT2D eigenvalue weighted by Gasteiger charge is -2.27. The molecule has 0 bridgehead atoms. The van der Waals surface area contributed by atoms with Crippen molar-refractivity contribution in [2.45, 2.75) is 30.1 Å². The van der Waals surface area contributed by atoms with Crippen LogP contribution < -0.4 is 0 Å². The summed E-state index contributed by atoms with van der Waals surface area (Å²) >= 11 is 1.73. The van der Waals surface area contributed by atoms with Gasteiger partial charge in [0.15, 0.2) is 0 Å². The Morgan fingerprint density at radius 3 is 2.69 bits per heavy atom. The summed E-state index contributed by atoms with van der Waals surface area (Å²) in [6.45, 7) is 6.76. The number of carbonyl (C=O) groups excluding carboxylic acids is 1. The summed E-state index contributed by atoms with van der Waals surface area (Å²) in [5.74, 6) is 0.0620. The molecule has 0 aromatic heterocycles. The fraction of sp³-hybridized carbons (Fsp3) is 0.333. The van der Waals surface area contributed by atoms with E-state index in [0.29, 0.717) is 31.9 Å². The van der Waals surface area contributed by atoms with Crippen LogP contribution in [-0.2, 0) is 4.74 Å². The summed E-state index contributed by atoms with van der Waals surface area (Å²) in [7, 11) is 0. The fourth-order valence-corrected chi connectivity index (χ4v) is 4.33. The molecule has 0 radical (unpaired) electrons. The van der Waals surface area contributed by atoms with Gasteiger partial charge in [-0.3, -0.25) is 9.79 Å². The minimum Gasteiger partial charge on any atom is -0.378 e. The molecular weight excluding hydrogens is 344 g/mol. The van der Waals surface area contributed by atoms with Gasteiger partial charge < -0.3 is 9.64 Å². The van der Waals surface area contributed by atoms with E-state index in [1.807, 2.05) is 23.1 Å². The van der Waals surface area contributed by atoms with Crippen LogP contribution in [0.1, 0.15) is 34.8 Å². The summed E-state index contributed by atoms with van der Waals surface area (Å²) in [6.07, 6.45) is 0.859. The van der Waals surface area contributed by atoms with Crippen molar-refractivity contribution < 1.29 is 9.53 Å². The van der Waals surface area contributed by atoms with Gasteiger partial charge in [0.05, 0.1) is 18.9 Å². The van der Waals surface area contributed by atoms with Crippen LogP contribution in [0.4, 0.5) is 5.69 Å². The number of amides is 1. The minimum atomic E-state index is 0.0620. The number of aliphatic imine (C=N–C) groups is 1. The molecule has 1 fully saturated rings. The molecule has 0 N–H and O–H groups in total. The van der Waals surface area contributed by atoms with E-state index in [4.69, 9.17) is 9.73 Å². The van der Waals surface area contributed by atoms with E-state index in [-0.39, 0.29) is 5.91 Å². The number of hydrogen-bond acceptors (Lipinski definition) is 4. The van der Waals surface area contributed by atoms with Crippen LogP contribution in [-0.4, -0.2) is 42.8 Å². The topological polar surface area (TPSA) is 41.9 Å². The van der Waals surface area contributed by atoms with Gasteiger partial charge >= 0.3 is 0 Å². The molecule has 26 heavy (non-hydrogen) atoms. The second-order valence-corrected chi connectivity index (χ2v) is 7.68. The molecule has 2 heterocycles. The lowest BCUT2D eigenvalue weighted by Crippen LogP contribution is -2.40. The van der Waals surface area contributed by atoms with Crippen molar-refractivity contribution in [2.75, 3.05) is 26.3 Å². The Bertz CT molecular complexity index is 886. The second-order valence-electron chi connectivity index (χ2n) is 6.60. The SMILES string of the molecule is CCC1=Nc2cc(C(=O)N3CCOCC3)ccc2Sc2ccc(C)cc21. The lowest BCUT2D eigenvalue weighted by molar-refractivity contribution is 0.0303. The highest BCUT2D eigenvalue weighted by atomic mass is 32.2. The van der Waals surface area contributed by atoms with Gasteiger partial charge in [0.1, 0.15) is 0 Å². The zero-order valence-electron chi connectivity index (χ0n) is 15.1. The standard InChI is InChI=1S/C21H22N2O2S/c1-3-17-16-12-14(2)4-6-19(16)26-20-7-5-15(13-18(20)22-17)21(24)23-8-10-25-11-9-23/h4-7,12-13H,3,8-11H2,1-2H3. The first kappa shape index (κ1) is 17.3. The predicted molar refractivity (Wildman–Crippen MR) is 105 cm³/mol. The Morgan fingerprint density at radius 2 is 1.92 bits per heavy atom. The third kappa shape index (κ3) is 3.29. The molecule has 0 spiro atoms. The Kier molecular flexibility index (Phi) is 4.83. The second kappa shape index (κ2) is 7.25. The van der Waals surface area contributed by atoms with Crippen molar-refractivity contribution >= 4 is 29.1 Å². The third-order valence-electron chi connectivity index (χ3n) is 4.76. The highest BCUT2D eigenvalue weighted by Gasteiger charge is 2.21. The van der Waals surface area contributed by atoms with Crippen molar-refractivity contribution in [3.8, 4) is 0 Å². The van der Waals surface area contributed by atoms with Gasteiger partial charge in [-0.05, 0) is 43.7 Å². The van der Waals surface area contributed by atoms with Gasteiger partial charge in [-0.25, -0.2) is 0 Å². The van der Waals surface area contributed by atoms with Crippen molar-refractivity contribution in [1.82, 2.24) is 4.90 Å². The maximum absolute atomic E-state index is 12.8. The number of aryl methyl sites for hydroxylation is 1. The molecule has 0 saturated carbocycles. The van der Waals surface area contributed by atoms with Crippen molar-refractivity contribution in [1.29, 1.82) is 0 Å². The molecule has 5 heteroatoms. The van der Waals surface area contributed by atoms with Crippen molar-refractivity contribution in [3.63, 3.8) is 0 Å². The number of morpholine rings is 1. The molecule has 2 aliphatic rings. The number of fused-ring (bicyclic) bond motifs is 2. The predicted octanol–water partition coefficient (Wildman–Crippen LogP) is 4.46. The molecule has 2 aromatic rings. The molecule has 4 nitrogen and oxygen atoms in total. The fourth-order valence-electron chi connectivity index (χ4n) is 3.33. The van der Waals surface area contributed by atoms with Gasteiger partial charge in [0, 0.05) is 39.7 Å². The summed E-state index contributed by atoms with van der Waals surface area (Å²) in [6, 6.07) is 12.4. The van der Waals surface area contributed by atoms with Crippen LogP contribution in [0.2, 0.25) is 0 Å². The van der Waals surface area contributed by atoms with Gasteiger partial charge in [-0.2, -0.15) is 0 Å². The number of hydrogen-bond donors (Lipinski definition) is 0. The average molecular weight is 366 g/mol. The first-order chi connectivity index (χ1) is 12.7. The van der Waals surface area contributed by atoms with E-state index in [9.17, 15) is 4.79 Å². The van der Waals surface area contributed by atoms with E-state index in [1.165, 1.54) is 16.0 Å². The number of rotatable bonds is 2. The van der Waals surface area contributed by atoms with Gasteiger partial charge in [-0.1, -0.05) is 30.3 Å². The molecule has 2 aromatic carbocycles. The molecular formula is C21H22N2O2S. The first-order valence-electron chi connectivity index (χ1n) is 9.03. The van der Waals surface area contributed by atoms with Crippen LogP contribution in [0, 0.1) is 6.92 Å². The Labute approximate surface area is 158 Å². The highest BCUT2D eigenvalue weighted by molar-refractivity contribution is 7.99. The number of ether oxygens (including phenoxy) is 1. The van der Waals surface area contributed by atoms with Crippen LogP contribution in [0.5, 0.6) is 0 Å². The molecule has 1 saturated heterocycles. The number of nitrogens with zero attached hydrogens (tertiary/aromatic N) is 2. The van der Waals surface area contributed by atoms with E-state index < -0.39 is 0 Å². The molecule has 134 valence electrons. The summed E-state index contributed by atoms with van der Waals surface area (Å²) < 4.78 is 5.35. The van der Waals surface area contributed by atoms with Crippen LogP contribution in [0.15, 0.2) is 51.2 Å².